The van der Waals surface area contributed by atoms with Crippen molar-refractivity contribution < 1.29 is 27.4 Å². The molecule has 0 saturated heterocycles. The van der Waals surface area contributed by atoms with Gasteiger partial charge in [-0.05, 0) is 42.8 Å². The number of amides is 1. The maximum absolute atomic E-state index is 13.9. The maximum atomic E-state index is 13.9. The molecule has 2 aromatic carbocycles. The first-order chi connectivity index (χ1) is 14.7. The number of nitrogens with zero attached hydrogens (tertiary/aromatic N) is 3. The summed E-state index contributed by atoms with van der Waals surface area (Å²) in [4.78, 5) is 13.9. The number of aryl methyl sites for hydroxylation is 1. The van der Waals surface area contributed by atoms with Crippen LogP contribution in [0, 0.1) is 6.92 Å². The molecular weight excluding hydrogens is 411 g/mol. The van der Waals surface area contributed by atoms with Crippen molar-refractivity contribution in [1.82, 2.24) is 14.7 Å². The van der Waals surface area contributed by atoms with Crippen molar-refractivity contribution in [2.45, 2.75) is 13.1 Å². The Hall–Kier alpha value is -3.49. The number of methoxy groups -OCH3 is 1. The van der Waals surface area contributed by atoms with Gasteiger partial charge >= 0.3 is 6.18 Å². The molecule has 6 nitrogen and oxygen atoms in total. The summed E-state index contributed by atoms with van der Waals surface area (Å²) in [5, 5.41) is 3.87. The molecule has 164 valence electrons. The van der Waals surface area contributed by atoms with Crippen LogP contribution in [-0.2, 0) is 6.18 Å². The summed E-state index contributed by atoms with van der Waals surface area (Å²) in [5.74, 6) is 0.445. The molecule has 1 amide bonds. The Morgan fingerprint density at radius 3 is 2.35 bits per heavy atom. The number of carbonyl (C=O) groups excluding carboxylic acids is 1. The van der Waals surface area contributed by atoms with Crippen LogP contribution in [0.1, 0.15) is 21.6 Å². The number of hydrogen-bond acceptors (Lipinski definition) is 4. The van der Waals surface area contributed by atoms with E-state index in [-0.39, 0.29) is 18.8 Å². The summed E-state index contributed by atoms with van der Waals surface area (Å²) < 4.78 is 52.9. The highest BCUT2D eigenvalue weighted by Crippen LogP contribution is 2.34. The number of likely N-dealkylation sites (N-methyl/N-ethyl adjacent to an activating group) is 1. The standard InChI is InChI=1S/C22H22F3N3O3/c1-15-6-4-5-7-19(15)28-20(22(23,24)25)18(14-26-28)21(29)27(2)12-13-31-17-10-8-16(30-3)9-11-17/h4-11,14H,12-13H2,1-3H3. The molecule has 0 aliphatic heterocycles. The molecule has 0 unspecified atom stereocenters. The van der Waals surface area contributed by atoms with E-state index in [2.05, 4.69) is 5.10 Å². The minimum Gasteiger partial charge on any atom is -0.497 e. The van der Waals surface area contributed by atoms with Gasteiger partial charge in [-0.3, -0.25) is 4.79 Å². The third kappa shape index (κ3) is 4.99. The summed E-state index contributed by atoms with van der Waals surface area (Å²) in [6.45, 7) is 1.89. The van der Waals surface area contributed by atoms with Gasteiger partial charge in [0.05, 0.1) is 31.1 Å². The largest absolute Gasteiger partial charge is 0.497 e. The zero-order valence-corrected chi connectivity index (χ0v) is 17.3. The van der Waals surface area contributed by atoms with Crippen molar-refractivity contribution in [2.75, 3.05) is 27.3 Å². The van der Waals surface area contributed by atoms with Crippen LogP contribution in [0.25, 0.3) is 5.69 Å². The van der Waals surface area contributed by atoms with Gasteiger partial charge in [-0.2, -0.15) is 18.3 Å². The molecule has 0 aliphatic carbocycles. The predicted molar refractivity (Wildman–Crippen MR) is 109 cm³/mol. The minimum absolute atomic E-state index is 0.0949. The predicted octanol–water partition coefficient (Wildman–Crippen LogP) is 4.36. The number of halogens is 3. The number of aromatic nitrogens is 2. The monoisotopic (exact) mass is 433 g/mol. The normalized spacial score (nSPS) is 11.3. The lowest BCUT2D eigenvalue weighted by atomic mass is 10.1. The lowest BCUT2D eigenvalue weighted by molar-refractivity contribution is -0.143. The minimum atomic E-state index is -4.76. The Morgan fingerprint density at radius 2 is 1.74 bits per heavy atom. The second-order valence-corrected chi connectivity index (χ2v) is 6.85. The molecule has 9 heteroatoms. The molecule has 0 bridgehead atoms. The fourth-order valence-electron chi connectivity index (χ4n) is 3.04. The molecule has 1 heterocycles. The number of hydrogen-bond donors (Lipinski definition) is 0. The average molecular weight is 433 g/mol. The molecule has 3 rings (SSSR count). The SMILES string of the molecule is COc1ccc(OCCN(C)C(=O)c2cnn(-c3ccccc3C)c2C(F)(F)F)cc1. The summed E-state index contributed by atoms with van der Waals surface area (Å²) >= 11 is 0. The summed E-state index contributed by atoms with van der Waals surface area (Å²) in [6.07, 6.45) is -3.80. The highest BCUT2D eigenvalue weighted by Gasteiger charge is 2.41. The zero-order chi connectivity index (χ0) is 22.6. The first-order valence-corrected chi connectivity index (χ1v) is 9.46. The van der Waals surface area contributed by atoms with Crippen LogP contribution in [-0.4, -0.2) is 47.9 Å². The van der Waals surface area contributed by atoms with Crippen molar-refractivity contribution in [3.05, 3.63) is 71.5 Å². The van der Waals surface area contributed by atoms with E-state index in [4.69, 9.17) is 9.47 Å². The van der Waals surface area contributed by atoms with Crippen LogP contribution in [0.4, 0.5) is 13.2 Å². The van der Waals surface area contributed by atoms with Gasteiger partial charge in [-0.25, -0.2) is 4.68 Å². The van der Waals surface area contributed by atoms with E-state index >= 15 is 0 Å². The highest BCUT2D eigenvalue weighted by atomic mass is 19.4. The van der Waals surface area contributed by atoms with E-state index < -0.39 is 23.3 Å². The Balaban J connectivity index is 1.76. The molecule has 0 N–H and O–H groups in total. The summed E-state index contributed by atoms with van der Waals surface area (Å²) in [7, 11) is 2.97. The highest BCUT2D eigenvalue weighted by molar-refractivity contribution is 5.95. The van der Waals surface area contributed by atoms with Crippen molar-refractivity contribution >= 4 is 5.91 Å². The van der Waals surface area contributed by atoms with Crippen molar-refractivity contribution in [3.8, 4) is 17.2 Å². The smallest absolute Gasteiger partial charge is 0.434 e. The van der Waals surface area contributed by atoms with Crippen LogP contribution >= 0.6 is 0 Å². The van der Waals surface area contributed by atoms with Gasteiger partial charge in [0.1, 0.15) is 18.1 Å². The lowest BCUT2D eigenvalue weighted by Gasteiger charge is -2.19. The first-order valence-electron chi connectivity index (χ1n) is 9.46. The molecule has 0 atom stereocenters. The van der Waals surface area contributed by atoms with Crippen molar-refractivity contribution in [2.24, 2.45) is 0 Å². The number of benzene rings is 2. The van der Waals surface area contributed by atoms with Gasteiger partial charge in [0.2, 0.25) is 0 Å². The van der Waals surface area contributed by atoms with E-state index in [1.807, 2.05) is 0 Å². The zero-order valence-electron chi connectivity index (χ0n) is 17.3. The number of carbonyl (C=O) groups is 1. The first kappa shape index (κ1) is 22.2. The summed E-state index contributed by atoms with van der Waals surface area (Å²) in [5.41, 5.74) is -0.742. The third-order valence-corrected chi connectivity index (χ3v) is 4.71. The Labute approximate surface area is 177 Å². The molecule has 1 aromatic heterocycles. The molecule has 0 fully saturated rings. The average Bonchev–Trinajstić information content (AvgIpc) is 3.19. The van der Waals surface area contributed by atoms with E-state index in [1.165, 1.54) is 18.0 Å². The molecule has 0 radical (unpaired) electrons. The van der Waals surface area contributed by atoms with Gasteiger partial charge in [-0.1, -0.05) is 18.2 Å². The molecule has 31 heavy (non-hydrogen) atoms. The van der Waals surface area contributed by atoms with Crippen LogP contribution in [0.3, 0.4) is 0 Å². The van der Waals surface area contributed by atoms with Crippen molar-refractivity contribution in [1.29, 1.82) is 0 Å². The number of alkyl halides is 3. The van der Waals surface area contributed by atoms with E-state index in [9.17, 15) is 18.0 Å². The number of para-hydroxylation sites is 1. The van der Waals surface area contributed by atoms with Gasteiger partial charge in [0, 0.05) is 7.05 Å². The van der Waals surface area contributed by atoms with E-state index in [0.29, 0.717) is 17.1 Å². The molecule has 0 saturated carbocycles. The maximum Gasteiger partial charge on any atom is 0.434 e. The number of ether oxygens (including phenoxy) is 2. The molecular formula is C22H22F3N3O3. The molecule has 3 aromatic rings. The van der Waals surface area contributed by atoms with Gasteiger partial charge in [0.25, 0.3) is 5.91 Å². The summed E-state index contributed by atoms with van der Waals surface area (Å²) in [6, 6.07) is 13.4. The van der Waals surface area contributed by atoms with E-state index in [1.54, 1.807) is 56.5 Å². The van der Waals surface area contributed by atoms with Gasteiger partial charge in [0.15, 0.2) is 5.69 Å². The molecule has 0 aliphatic rings. The third-order valence-electron chi connectivity index (χ3n) is 4.71. The van der Waals surface area contributed by atoms with Crippen molar-refractivity contribution in [3.63, 3.8) is 0 Å². The van der Waals surface area contributed by atoms with Crippen LogP contribution in [0.15, 0.2) is 54.7 Å². The Morgan fingerprint density at radius 1 is 1.10 bits per heavy atom. The quantitative estimate of drug-likeness (QED) is 0.556. The fraction of sp³-hybridized carbons (Fsp3) is 0.273. The second kappa shape index (κ2) is 9.11. The molecule has 0 spiro atoms. The van der Waals surface area contributed by atoms with Gasteiger partial charge < -0.3 is 14.4 Å². The number of rotatable bonds is 7. The Kier molecular flexibility index (Phi) is 6.53. The van der Waals surface area contributed by atoms with E-state index in [0.717, 1.165) is 10.9 Å². The van der Waals surface area contributed by atoms with Crippen LogP contribution in [0.2, 0.25) is 0 Å². The van der Waals surface area contributed by atoms with Gasteiger partial charge in [-0.15, -0.1) is 0 Å². The topological polar surface area (TPSA) is 56.6 Å². The Bertz CT molecular complexity index is 1050. The lowest BCUT2D eigenvalue weighted by Crippen LogP contribution is -2.32. The van der Waals surface area contributed by atoms with Crippen LogP contribution in [0.5, 0.6) is 11.5 Å². The fourth-order valence-corrected chi connectivity index (χ4v) is 3.04. The van der Waals surface area contributed by atoms with Crippen LogP contribution < -0.4 is 9.47 Å². The second-order valence-electron chi connectivity index (χ2n) is 6.85.